The molecule has 0 aliphatic carbocycles. The average molecular weight is 829 g/mol. The normalized spacial score (nSPS) is 12.3. The molecule has 0 aliphatic heterocycles. The van der Waals surface area contributed by atoms with Crippen molar-refractivity contribution in [2.45, 2.75) is 51.8 Å². The molecule has 3 rings (SSSR count). The minimum Gasteiger partial charge on any atom is -0.497 e. The molecule has 0 heterocycles. The molecule has 1 unspecified atom stereocenters. The van der Waals surface area contributed by atoms with Crippen LogP contribution >= 0.6 is 8.53 Å². The van der Waals surface area contributed by atoms with E-state index in [1.54, 1.807) is 14.2 Å². The zero-order chi connectivity index (χ0) is 41.7. The Morgan fingerprint density at radius 3 is 1.24 bits per heavy atom. The molecule has 3 aromatic rings. The summed E-state index contributed by atoms with van der Waals surface area (Å²) in [5.41, 5.74) is 2.06. The van der Waals surface area contributed by atoms with Gasteiger partial charge in [0.1, 0.15) is 17.1 Å². The summed E-state index contributed by atoms with van der Waals surface area (Å²) in [5, 5.41) is 8.85. The predicted molar refractivity (Wildman–Crippen MR) is 224 cm³/mol. The van der Waals surface area contributed by atoms with Crippen LogP contribution in [0.25, 0.3) is 0 Å². The standard InChI is InChI=1S/C44H65N2O11P/c1-37(2)46(38(3)4)58(56-22-10-21-45)57-36-34-54-32-30-52-28-26-50-24-23-49-25-27-51-29-31-53-33-35-55-44(39-11-8-7-9-12-39,40-13-17-42(47-5)18-14-40)41-15-19-43(48-6)20-16-41/h7-9,11-20,37-38H,10,22-36H2,1-6H3. The molecule has 0 radical (unpaired) electrons. The van der Waals surface area contributed by atoms with Crippen LogP contribution in [0.5, 0.6) is 11.5 Å². The van der Waals surface area contributed by atoms with Gasteiger partial charge in [0.25, 0.3) is 8.53 Å². The molecule has 0 N–H and O–H groups in total. The van der Waals surface area contributed by atoms with Gasteiger partial charge in [-0.3, -0.25) is 0 Å². The largest absolute Gasteiger partial charge is 0.497 e. The molecule has 0 aromatic heterocycles. The zero-order valence-electron chi connectivity index (χ0n) is 35.3. The van der Waals surface area contributed by atoms with Crippen LogP contribution in [0.2, 0.25) is 0 Å². The molecule has 0 saturated heterocycles. The molecular formula is C44H65N2O11P. The average Bonchev–Trinajstić information content (AvgIpc) is 3.24. The van der Waals surface area contributed by atoms with Crippen molar-refractivity contribution in [2.24, 2.45) is 0 Å². The van der Waals surface area contributed by atoms with Crippen LogP contribution in [0.15, 0.2) is 78.9 Å². The van der Waals surface area contributed by atoms with Crippen LogP contribution in [-0.4, -0.2) is 130 Å². The van der Waals surface area contributed by atoms with Crippen LogP contribution in [0.1, 0.15) is 50.8 Å². The van der Waals surface area contributed by atoms with Gasteiger partial charge in [-0.25, -0.2) is 4.67 Å². The number of methoxy groups -OCH3 is 2. The van der Waals surface area contributed by atoms with Gasteiger partial charge in [-0.2, -0.15) is 5.26 Å². The summed E-state index contributed by atoms with van der Waals surface area (Å²) in [4.78, 5) is 0. The topological polar surface area (TPSA) is 129 Å². The van der Waals surface area contributed by atoms with Gasteiger partial charge in [0.2, 0.25) is 0 Å². The SMILES string of the molecule is COc1ccc(C(OCCOCCOCCOCCOCCOCCOCCOP(OCCC#N)N(C(C)C)C(C)C)(c2ccccc2)c2ccc(OC)cc2)cc1. The second kappa shape index (κ2) is 29.9. The minimum absolute atomic E-state index is 0.258. The van der Waals surface area contributed by atoms with E-state index in [1.165, 1.54) is 0 Å². The van der Waals surface area contributed by atoms with Crippen molar-refractivity contribution in [3.8, 4) is 17.6 Å². The van der Waals surface area contributed by atoms with Crippen molar-refractivity contribution in [1.29, 1.82) is 5.26 Å². The highest BCUT2D eigenvalue weighted by Crippen LogP contribution is 2.46. The first-order valence-electron chi connectivity index (χ1n) is 20.0. The summed E-state index contributed by atoms with van der Waals surface area (Å²) in [7, 11) is 2.06. The van der Waals surface area contributed by atoms with Crippen LogP contribution in [0.4, 0.5) is 0 Å². The Kier molecular flexibility index (Phi) is 25.3. The second-order valence-electron chi connectivity index (χ2n) is 13.4. The van der Waals surface area contributed by atoms with E-state index >= 15 is 0 Å². The third-order valence-electron chi connectivity index (χ3n) is 8.67. The van der Waals surface area contributed by atoms with Gasteiger partial charge >= 0.3 is 0 Å². The lowest BCUT2D eigenvalue weighted by Gasteiger charge is -2.36. The van der Waals surface area contributed by atoms with Gasteiger partial charge < -0.3 is 51.7 Å². The van der Waals surface area contributed by atoms with Gasteiger partial charge in [0, 0.05) is 12.1 Å². The van der Waals surface area contributed by atoms with Crippen molar-refractivity contribution in [1.82, 2.24) is 4.67 Å². The Morgan fingerprint density at radius 1 is 0.500 bits per heavy atom. The van der Waals surface area contributed by atoms with Crippen LogP contribution in [0.3, 0.4) is 0 Å². The van der Waals surface area contributed by atoms with E-state index in [4.69, 9.17) is 56.9 Å². The van der Waals surface area contributed by atoms with E-state index in [0.29, 0.717) is 106 Å². The summed E-state index contributed by atoms with van der Waals surface area (Å²) in [6.45, 7) is 15.0. The third kappa shape index (κ3) is 17.6. The van der Waals surface area contributed by atoms with Crippen molar-refractivity contribution >= 4 is 8.53 Å². The predicted octanol–water partition coefficient (Wildman–Crippen LogP) is 7.40. The molecule has 0 bridgehead atoms. The number of nitriles is 1. The summed E-state index contributed by atoms with van der Waals surface area (Å²) in [6, 6.07) is 28.7. The van der Waals surface area contributed by atoms with E-state index in [-0.39, 0.29) is 12.1 Å². The first-order valence-corrected chi connectivity index (χ1v) is 21.2. The Balaban J connectivity index is 1.22. The minimum atomic E-state index is -1.26. The lowest BCUT2D eigenvalue weighted by Crippen LogP contribution is -2.34. The highest BCUT2D eigenvalue weighted by Gasteiger charge is 2.38. The molecule has 0 aliphatic rings. The fraction of sp³-hybridized carbons (Fsp3) is 0.568. The summed E-state index contributed by atoms with van der Waals surface area (Å²) in [6.07, 6.45) is 0.333. The molecule has 0 fully saturated rings. The molecule has 1 atom stereocenters. The molecule has 322 valence electrons. The molecule has 3 aromatic carbocycles. The zero-order valence-corrected chi connectivity index (χ0v) is 36.2. The maximum Gasteiger partial charge on any atom is 0.259 e. The first-order chi connectivity index (χ1) is 28.4. The van der Waals surface area contributed by atoms with Crippen LogP contribution < -0.4 is 9.47 Å². The summed E-state index contributed by atoms with van der Waals surface area (Å²) < 4.78 is 65.8. The summed E-state index contributed by atoms with van der Waals surface area (Å²) in [5.74, 6) is 1.54. The van der Waals surface area contributed by atoms with E-state index in [9.17, 15) is 0 Å². The van der Waals surface area contributed by atoms with Gasteiger partial charge in [0.15, 0.2) is 0 Å². The van der Waals surface area contributed by atoms with E-state index in [1.807, 2.05) is 66.7 Å². The van der Waals surface area contributed by atoms with E-state index in [2.05, 4.69) is 50.6 Å². The maximum absolute atomic E-state index is 8.85. The molecule has 0 amide bonds. The fourth-order valence-corrected chi connectivity index (χ4v) is 7.59. The molecule has 0 saturated carbocycles. The highest BCUT2D eigenvalue weighted by molar-refractivity contribution is 7.44. The second-order valence-corrected chi connectivity index (χ2v) is 14.9. The Bertz CT molecular complexity index is 1440. The number of hydrogen-bond donors (Lipinski definition) is 0. The lowest BCUT2D eigenvalue weighted by atomic mass is 9.80. The number of rotatable bonds is 34. The molecule has 13 nitrogen and oxygen atoms in total. The van der Waals surface area contributed by atoms with Crippen molar-refractivity contribution in [2.75, 3.05) is 113 Å². The molecule has 58 heavy (non-hydrogen) atoms. The van der Waals surface area contributed by atoms with Crippen molar-refractivity contribution in [3.05, 3.63) is 95.6 Å². The number of ether oxygens (including phenoxy) is 9. The quantitative estimate of drug-likeness (QED) is 0.0337. The van der Waals surface area contributed by atoms with Crippen LogP contribution in [0, 0.1) is 11.3 Å². The Labute approximate surface area is 347 Å². The molecule has 0 spiro atoms. The van der Waals surface area contributed by atoms with Gasteiger partial charge in [-0.15, -0.1) is 0 Å². The highest BCUT2D eigenvalue weighted by atomic mass is 31.2. The Hall–Kier alpha value is -3.22. The monoisotopic (exact) mass is 828 g/mol. The smallest absolute Gasteiger partial charge is 0.259 e. The van der Waals surface area contributed by atoms with Gasteiger partial charge in [0.05, 0.1) is 126 Å². The molecular weight excluding hydrogens is 763 g/mol. The summed E-state index contributed by atoms with van der Waals surface area (Å²) >= 11 is 0. The van der Waals surface area contributed by atoms with Crippen molar-refractivity contribution < 1.29 is 51.7 Å². The maximum atomic E-state index is 8.85. The third-order valence-corrected chi connectivity index (χ3v) is 10.8. The number of nitrogens with zero attached hydrogens (tertiary/aromatic N) is 2. The fourth-order valence-electron chi connectivity index (χ4n) is 6.02. The Morgan fingerprint density at radius 2 is 0.862 bits per heavy atom. The lowest BCUT2D eigenvalue weighted by molar-refractivity contribution is -0.0396. The number of benzene rings is 3. The van der Waals surface area contributed by atoms with Gasteiger partial charge in [-0.1, -0.05) is 54.6 Å². The number of hydrogen-bond acceptors (Lipinski definition) is 13. The van der Waals surface area contributed by atoms with E-state index in [0.717, 1.165) is 28.2 Å². The molecule has 14 heteroatoms. The van der Waals surface area contributed by atoms with Crippen LogP contribution in [-0.2, 0) is 47.8 Å². The van der Waals surface area contributed by atoms with Gasteiger partial charge in [-0.05, 0) is 68.7 Å². The van der Waals surface area contributed by atoms with E-state index < -0.39 is 14.1 Å². The first kappa shape index (κ1) is 49.1. The van der Waals surface area contributed by atoms with Crippen molar-refractivity contribution in [3.63, 3.8) is 0 Å².